The fraction of sp³-hybridized carbons (Fsp3) is 0.500. The maximum Gasteiger partial charge on any atom is 0.0961 e. The first-order chi connectivity index (χ1) is 8.22. The van der Waals surface area contributed by atoms with Gasteiger partial charge in [0.25, 0.3) is 0 Å². The van der Waals surface area contributed by atoms with Crippen molar-refractivity contribution in [2.75, 3.05) is 6.54 Å². The molecular weight excluding hydrogens is 210 g/mol. The van der Waals surface area contributed by atoms with Crippen LogP contribution in [-0.2, 0) is 0 Å². The van der Waals surface area contributed by atoms with Gasteiger partial charge >= 0.3 is 0 Å². The molecule has 0 fully saturated rings. The summed E-state index contributed by atoms with van der Waals surface area (Å²) in [5.41, 5.74) is 2.29. The molecule has 0 aliphatic carbocycles. The second-order valence-corrected chi connectivity index (χ2v) is 4.71. The molecule has 2 rings (SSSR count). The average molecular weight is 231 g/mol. The minimum absolute atomic E-state index is 0.427. The zero-order valence-electron chi connectivity index (χ0n) is 10.9. The summed E-state index contributed by atoms with van der Waals surface area (Å²) in [6, 6.07) is 9.28. The fourth-order valence-corrected chi connectivity index (χ4v) is 1.94. The Morgan fingerprint density at radius 3 is 2.82 bits per heavy atom. The summed E-state index contributed by atoms with van der Waals surface area (Å²) in [7, 11) is 0. The van der Waals surface area contributed by atoms with Crippen LogP contribution in [0, 0.1) is 0 Å². The van der Waals surface area contributed by atoms with Gasteiger partial charge in [-0.25, -0.2) is 4.98 Å². The zero-order chi connectivity index (χ0) is 12.3. The predicted molar refractivity (Wildman–Crippen MR) is 72.2 cm³/mol. The van der Waals surface area contributed by atoms with E-state index >= 15 is 0 Å². The lowest BCUT2D eigenvalue weighted by Crippen LogP contribution is -2.30. The van der Waals surface area contributed by atoms with Gasteiger partial charge in [-0.1, -0.05) is 19.1 Å². The van der Waals surface area contributed by atoms with E-state index in [0.29, 0.717) is 12.1 Å². The molecule has 2 atom stereocenters. The highest BCUT2D eigenvalue weighted by Crippen LogP contribution is 2.16. The maximum absolute atomic E-state index is 4.42. The third-order valence-corrected chi connectivity index (χ3v) is 3.33. The van der Waals surface area contributed by atoms with Crippen LogP contribution in [0.1, 0.15) is 33.2 Å². The second-order valence-electron chi connectivity index (χ2n) is 4.71. The summed E-state index contributed by atoms with van der Waals surface area (Å²) in [6.45, 7) is 7.63. The number of nitrogens with one attached hydrogen (secondary N) is 1. The summed E-state index contributed by atoms with van der Waals surface area (Å²) in [5.74, 6) is 0. The summed E-state index contributed by atoms with van der Waals surface area (Å²) >= 11 is 0. The number of rotatable bonds is 5. The van der Waals surface area contributed by atoms with Crippen molar-refractivity contribution in [3.8, 4) is 0 Å². The van der Waals surface area contributed by atoms with Crippen LogP contribution in [0.15, 0.2) is 30.6 Å². The van der Waals surface area contributed by atoms with Crippen molar-refractivity contribution in [1.29, 1.82) is 0 Å². The van der Waals surface area contributed by atoms with E-state index < -0.39 is 0 Å². The Morgan fingerprint density at radius 2 is 2.06 bits per heavy atom. The summed E-state index contributed by atoms with van der Waals surface area (Å²) < 4.78 is 2.24. The fourth-order valence-electron chi connectivity index (χ4n) is 1.94. The number of imidazole rings is 1. The summed E-state index contributed by atoms with van der Waals surface area (Å²) in [6.07, 6.45) is 3.10. The van der Waals surface area contributed by atoms with E-state index in [0.717, 1.165) is 18.5 Å². The van der Waals surface area contributed by atoms with Gasteiger partial charge in [-0.3, -0.25) is 0 Å². The summed E-state index contributed by atoms with van der Waals surface area (Å²) in [5, 5.41) is 3.54. The lowest BCUT2D eigenvalue weighted by Gasteiger charge is -2.18. The van der Waals surface area contributed by atoms with Crippen molar-refractivity contribution in [2.24, 2.45) is 0 Å². The van der Waals surface area contributed by atoms with E-state index in [9.17, 15) is 0 Å². The third-order valence-electron chi connectivity index (χ3n) is 3.33. The van der Waals surface area contributed by atoms with E-state index in [4.69, 9.17) is 0 Å². The van der Waals surface area contributed by atoms with Crippen molar-refractivity contribution < 1.29 is 0 Å². The third kappa shape index (κ3) is 2.67. The number of aromatic nitrogens is 2. The molecule has 3 nitrogen and oxygen atoms in total. The van der Waals surface area contributed by atoms with Gasteiger partial charge in [-0.15, -0.1) is 0 Å². The molecule has 2 unspecified atom stereocenters. The molecule has 0 aliphatic rings. The molecule has 1 aromatic carbocycles. The Morgan fingerprint density at radius 1 is 1.29 bits per heavy atom. The number of nitrogens with zero attached hydrogens (tertiary/aromatic N) is 2. The number of fused-ring (bicyclic) bond motifs is 1. The number of benzene rings is 1. The van der Waals surface area contributed by atoms with Gasteiger partial charge < -0.3 is 9.88 Å². The Kier molecular flexibility index (Phi) is 3.79. The van der Waals surface area contributed by atoms with Gasteiger partial charge in [-0.2, -0.15) is 0 Å². The first-order valence-corrected chi connectivity index (χ1v) is 6.37. The van der Waals surface area contributed by atoms with Gasteiger partial charge in [0.1, 0.15) is 0 Å². The van der Waals surface area contributed by atoms with Gasteiger partial charge in [0.15, 0.2) is 0 Å². The smallest absolute Gasteiger partial charge is 0.0961 e. The molecule has 3 heteroatoms. The van der Waals surface area contributed by atoms with Gasteiger partial charge in [0, 0.05) is 18.6 Å². The van der Waals surface area contributed by atoms with E-state index in [1.54, 1.807) is 0 Å². The highest BCUT2D eigenvalue weighted by molar-refractivity contribution is 5.75. The molecule has 2 aromatic rings. The first kappa shape index (κ1) is 12.1. The second kappa shape index (κ2) is 5.32. The molecule has 0 radical (unpaired) electrons. The van der Waals surface area contributed by atoms with Crippen molar-refractivity contribution in [1.82, 2.24) is 14.9 Å². The largest absolute Gasteiger partial charge is 0.326 e. The Bertz CT molecular complexity index is 475. The monoisotopic (exact) mass is 231 g/mol. The minimum atomic E-state index is 0.427. The summed E-state index contributed by atoms with van der Waals surface area (Å²) in [4.78, 5) is 4.42. The Hall–Kier alpha value is -1.35. The normalized spacial score (nSPS) is 15.0. The van der Waals surface area contributed by atoms with Gasteiger partial charge in [0.05, 0.1) is 17.4 Å². The predicted octanol–water partition coefficient (Wildman–Crippen LogP) is 2.99. The van der Waals surface area contributed by atoms with Gasteiger partial charge in [-0.05, 0) is 32.4 Å². The Balaban J connectivity index is 2.11. The lowest BCUT2D eigenvalue weighted by molar-refractivity contribution is 0.451. The lowest BCUT2D eigenvalue weighted by atomic mass is 10.2. The zero-order valence-corrected chi connectivity index (χ0v) is 10.9. The van der Waals surface area contributed by atoms with Crippen LogP contribution < -0.4 is 5.32 Å². The molecular formula is C14H21N3. The molecule has 0 aliphatic heterocycles. The molecule has 0 spiro atoms. The maximum atomic E-state index is 4.42. The quantitative estimate of drug-likeness (QED) is 0.857. The molecule has 0 amide bonds. The number of hydrogen-bond donors (Lipinski definition) is 1. The minimum Gasteiger partial charge on any atom is -0.326 e. The van der Waals surface area contributed by atoms with E-state index in [-0.39, 0.29) is 0 Å². The molecule has 0 bridgehead atoms. The van der Waals surface area contributed by atoms with Crippen LogP contribution in [0.3, 0.4) is 0 Å². The SMILES string of the molecule is CCC(C)NCC(C)n1cnc2ccccc21. The number of hydrogen-bond acceptors (Lipinski definition) is 2. The van der Waals surface area contributed by atoms with Gasteiger partial charge in [0.2, 0.25) is 0 Å². The highest BCUT2D eigenvalue weighted by Gasteiger charge is 2.09. The van der Waals surface area contributed by atoms with Crippen LogP contribution in [0.4, 0.5) is 0 Å². The van der Waals surface area contributed by atoms with Crippen LogP contribution in [0.5, 0.6) is 0 Å². The molecule has 0 saturated heterocycles. The molecule has 1 heterocycles. The average Bonchev–Trinajstić information content (AvgIpc) is 2.79. The first-order valence-electron chi connectivity index (χ1n) is 6.37. The standard InChI is InChI=1S/C14H21N3/c1-4-11(2)15-9-12(3)17-10-16-13-7-5-6-8-14(13)17/h5-8,10-12,15H,4,9H2,1-3H3. The van der Waals surface area contributed by atoms with E-state index in [1.807, 2.05) is 12.4 Å². The van der Waals surface area contributed by atoms with E-state index in [2.05, 4.69) is 53.8 Å². The molecule has 0 saturated carbocycles. The molecule has 17 heavy (non-hydrogen) atoms. The van der Waals surface area contributed by atoms with Crippen molar-refractivity contribution in [3.63, 3.8) is 0 Å². The van der Waals surface area contributed by atoms with Crippen molar-refractivity contribution in [2.45, 2.75) is 39.3 Å². The van der Waals surface area contributed by atoms with Crippen LogP contribution >= 0.6 is 0 Å². The van der Waals surface area contributed by atoms with E-state index in [1.165, 1.54) is 5.52 Å². The topological polar surface area (TPSA) is 29.9 Å². The highest BCUT2D eigenvalue weighted by atomic mass is 15.1. The van der Waals surface area contributed by atoms with Crippen LogP contribution in [0.2, 0.25) is 0 Å². The molecule has 1 N–H and O–H groups in total. The van der Waals surface area contributed by atoms with Crippen LogP contribution in [0.25, 0.3) is 11.0 Å². The van der Waals surface area contributed by atoms with Crippen molar-refractivity contribution in [3.05, 3.63) is 30.6 Å². The number of para-hydroxylation sites is 2. The van der Waals surface area contributed by atoms with Crippen molar-refractivity contribution >= 4 is 11.0 Å². The van der Waals surface area contributed by atoms with Crippen LogP contribution in [-0.4, -0.2) is 22.1 Å². The molecule has 1 aromatic heterocycles. The molecule has 92 valence electrons. The Labute approximate surface area is 103 Å².